The summed E-state index contributed by atoms with van der Waals surface area (Å²) in [5.74, 6) is -1.67. The number of allylic oxidation sites excluding steroid dienone is 5. The molecule has 0 fully saturated rings. The number of ketones is 1. The van der Waals surface area contributed by atoms with Gasteiger partial charge in [-0.3, -0.25) is 4.79 Å². The van der Waals surface area contributed by atoms with Crippen LogP contribution >= 0.6 is 0 Å². The molecule has 0 saturated heterocycles. The number of rotatable bonds is 8. The summed E-state index contributed by atoms with van der Waals surface area (Å²) in [5, 5.41) is 43.9. The lowest BCUT2D eigenvalue weighted by molar-refractivity contribution is 0.0835. The van der Waals surface area contributed by atoms with E-state index in [1.54, 1.807) is 0 Å². The number of phenols is 4. The normalized spacial score (nSPS) is 15.3. The van der Waals surface area contributed by atoms with Crippen molar-refractivity contribution >= 4 is 5.78 Å². The number of hydrogen-bond acceptors (Lipinski definition) is 7. The molecule has 0 saturated carbocycles. The van der Waals surface area contributed by atoms with Crippen molar-refractivity contribution in [3.63, 3.8) is 0 Å². The van der Waals surface area contributed by atoms with Crippen molar-refractivity contribution in [1.82, 2.24) is 0 Å². The standard InChI is InChI=1S/C30H36O7/c1-15(2)8-10-19(17(5)6)25-28(34)20(11-9-16(3)4)29(35)27-23(33)14-24(37-30(25)27)26-21(31)12-18(36-7)13-22(26)32/h8-9,12-13,19,24,31-32,34-35H,5,10-11,14H2,1-4,6-7H3. The van der Waals surface area contributed by atoms with E-state index in [1.807, 2.05) is 46.8 Å². The molecule has 7 nitrogen and oxygen atoms in total. The zero-order valence-electron chi connectivity index (χ0n) is 22.3. The lowest BCUT2D eigenvalue weighted by Crippen LogP contribution is -2.23. The number of hydrogen-bond donors (Lipinski definition) is 4. The Balaban J connectivity index is 2.30. The van der Waals surface area contributed by atoms with Crippen LogP contribution in [-0.4, -0.2) is 33.3 Å². The van der Waals surface area contributed by atoms with Crippen LogP contribution in [0.3, 0.4) is 0 Å². The second kappa shape index (κ2) is 11.0. The smallest absolute Gasteiger partial charge is 0.174 e. The van der Waals surface area contributed by atoms with Gasteiger partial charge in [-0.1, -0.05) is 35.5 Å². The second-order valence-electron chi connectivity index (χ2n) is 10.0. The summed E-state index contributed by atoms with van der Waals surface area (Å²) in [7, 11) is 1.40. The average molecular weight is 509 g/mol. The van der Waals surface area contributed by atoms with Gasteiger partial charge >= 0.3 is 0 Å². The Hall–Kier alpha value is -3.87. The average Bonchev–Trinajstić information content (AvgIpc) is 2.79. The molecule has 4 N–H and O–H groups in total. The van der Waals surface area contributed by atoms with Crippen molar-refractivity contribution in [1.29, 1.82) is 0 Å². The second-order valence-corrected chi connectivity index (χ2v) is 10.0. The van der Waals surface area contributed by atoms with Gasteiger partial charge in [-0.05, 0) is 47.5 Å². The molecule has 2 atom stereocenters. The molecule has 0 bridgehead atoms. The van der Waals surface area contributed by atoms with E-state index in [0.717, 1.165) is 16.7 Å². The highest BCUT2D eigenvalue weighted by Gasteiger charge is 2.39. The summed E-state index contributed by atoms with van der Waals surface area (Å²) in [6.45, 7) is 13.7. The highest BCUT2D eigenvalue weighted by atomic mass is 16.5. The largest absolute Gasteiger partial charge is 0.507 e. The summed E-state index contributed by atoms with van der Waals surface area (Å²) in [6.07, 6.45) is 3.31. The maximum Gasteiger partial charge on any atom is 0.174 e. The Kier molecular flexibility index (Phi) is 8.26. The van der Waals surface area contributed by atoms with Gasteiger partial charge in [0.05, 0.1) is 19.1 Å². The Morgan fingerprint density at radius 1 is 1.05 bits per heavy atom. The first kappa shape index (κ1) is 27.7. The van der Waals surface area contributed by atoms with E-state index in [-0.39, 0.29) is 64.0 Å². The van der Waals surface area contributed by atoms with E-state index in [2.05, 4.69) is 6.58 Å². The molecule has 2 aromatic rings. The minimum Gasteiger partial charge on any atom is -0.507 e. The monoisotopic (exact) mass is 508 g/mol. The third-order valence-corrected chi connectivity index (χ3v) is 6.53. The molecule has 1 aliphatic heterocycles. The summed E-state index contributed by atoms with van der Waals surface area (Å²) >= 11 is 0. The van der Waals surface area contributed by atoms with Crippen molar-refractivity contribution in [2.24, 2.45) is 0 Å². The van der Waals surface area contributed by atoms with E-state index in [9.17, 15) is 25.2 Å². The van der Waals surface area contributed by atoms with Crippen LogP contribution in [0, 0.1) is 0 Å². The number of phenolic OH excluding ortho intramolecular Hbond substituents is 4. The number of benzene rings is 2. The molecule has 0 spiro atoms. The van der Waals surface area contributed by atoms with Crippen LogP contribution < -0.4 is 9.47 Å². The number of fused-ring (bicyclic) bond motifs is 1. The molecule has 2 unspecified atom stereocenters. The maximum atomic E-state index is 13.5. The van der Waals surface area contributed by atoms with E-state index in [0.29, 0.717) is 12.0 Å². The fraction of sp³-hybridized carbons (Fsp3) is 0.367. The minimum atomic E-state index is -1.05. The number of carbonyl (C=O) groups is 1. The third kappa shape index (κ3) is 5.61. The van der Waals surface area contributed by atoms with Crippen molar-refractivity contribution in [2.45, 2.75) is 65.9 Å². The Bertz CT molecular complexity index is 1270. The number of ether oxygens (including phenoxy) is 2. The van der Waals surface area contributed by atoms with E-state index < -0.39 is 17.8 Å². The Morgan fingerprint density at radius 2 is 1.65 bits per heavy atom. The molecule has 7 heteroatoms. The predicted molar refractivity (Wildman–Crippen MR) is 143 cm³/mol. The molecule has 0 radical (unpaired) electrons. The van der Waals surface area contributed by atoms with Crippen molar-refractivity contribution in [3.8, 4) is 34.5 Å². The first-order valence-electron chi connectivity index (χ1n) is 12.2. The molecular formula is C30H36O7. The van der Waals surface area contributed by atoms with Gasteiger partial charge in [0.15, 0.2) is 5.78 Å². The Labute approximate surface area is 218 Å². The molecule has 0 aromatic heterocycles. The third-order valence-electron chi connectivity index (χ3n) is 6.53. The van der Waals surface area contributed by atoms with Gasteiger partial charge in [-0.2, -0.15) is 0 Å². The molecule has 37 heavy (non-hydrogen) atoms. The number of Topliss-reactive ketones (excluding diaryl/α,β-unsaturated/α-hetero) is 1. The molecule has 1 heterocycles. The van der Waals surface area contributed by atoms with Crippen LogP contribution in [0.15, 0.2) is 47.6 Å². The lowest BCUT2D eigenvalue weighted by atomic mass is 9.82. The van der Waals surface area contributed by atoms with Crippen LogP contribution in [0.1, 0.15) is 86.5 Å². The number of aromatic hydroxyl groups is 4. The molecule has 0 aliphatic carbocycles. The first-order valence-corrected chi connectivity index (χ1v) is 12.2. The fourth-order valence-electron chi connectivity index (χ4n) is 4.56. The van der Waals surface area contributed by atoms with Crippen LogP contribution in [0.25, 0.3) is 0 Å². The van der Waals surface area contributed by atoms with Gasteiger partial charge in [0.2, 0.25) is 0 Å². The molecule has 3 rings (SSSR count). The van der Waals surface area contributed by atoms with Crippen LogP contribution in [0.4, 0.5) is 0 Å². The summed E-state index contributed by atoms with van der Waals surface area (Å²) in [4.78, 5) is 13.5. The number of methoxy groups -OCH3 is 1. The molecule has 1 aliphatic rings. The number of carbonyl (C=O) groups excluding carboxylic acids is 1. The highest BCUT2D eigenvalue weighted by Crippen LogP contribution is 2.54. The zero-order chi connectivity index (χ0) is 27.6. The van der Waals surface area contributed by atoms with Crippen LogP contribution in [0.5, 0.6) is 34.5 Å². The van der Waals surface area contributed by atoms with Gasteiger partial charge in [0, 0.05) is 29.2 Å². The SMILES string of the molecule is C=C(C)C(CC=C(C)C)c1c(O)c(CC=C(C)C)c(O)c2c1OC(c1c(O)cc(OC)cc1O)CC2=O. The first-order chi connectivity index (χ1) is 17.4. The summed E-state index contributed by atoms with van der Waals surface area (Å²) in [6, 6.07) is 2.64. The Morgan fingerprint density at radius 3 is 2.16 bits per heavy atom. The minimum absolute atomic E-state index is 0.0165. The molecule has 198 valence electrons. The van der Waals surface area contributed by atoms with Crippen molar-refractivity contribution in [3.05, 3.63) is 69.8 Å². The molecule has 0 amide bonds. The molecule has 2 aromatic carbocycles. The predicted octanol–water partition coefficient (Wildman–Crippen LogP) is 6.75. The lowest BCUT2D eigenvalue weighted by Gasteiger charge is -2.32. The molecular weight excluding hydrogens is 472 g/mol. The van der Waals surface area contributed by atoms with Crippen molar-refractivity contribution in [2.75, 3.05) is 7.11 Å². The summed E-state index contributed by atoms with van der Waals surface area (Å²) < 4.78 is 11.3. The van der Waals surface area contributed by atoms with Gasteiger partial charge in [-0.15, -0.1) is 0 Å². The fourth-order valence-corrected chi connectivity index (χ4v) is 4.56. The van der Waals surface area contributed by atoms with E-state index >= 15 is 0 Å². The van der Waals surface area contributed by atoms with Crippen LogP contribution in [-0.2, 0) is 6.42 Å². The highest BCUT2D eigenvalue weighted by molar-refractivity contribution is 6.04. The van der Waals surface area contributed by atoms with Gasteiger partial charge in [0.1, 0.15) is 46.2 Å². The van der Waals surface area contributed by atoms with E-state index in [4.69, 9.17) is 9.47 Å². The van der Waals surface area contributed by atoms with Crippen LogP contribution in [0.2, 0.25) is 0 Å². The summed E-state index contributed by atoms with van der Waals surface area (Å²) in [5.41, 5.74) is 3.40. The maximum absolute atomic E-state index is 13.5. The quantitative estimate of drug-likeness (QED) is 0.291. The van der Waals surface area contributed by atoms with Crippen molar-refractivity contribution < 1.29 is 34.7 Å². The van der Waals surface area contributed by atoms with Gasteiger partial charge < -0.3 is 29.9 Å². The topological polar surface area (TPSA) is 116 Å². The van der Waals surface area contributed by atoms with E-state index in [1.165, 1.54) is 19.2 Å². The van der Waals surface area contributed by atoms with Gasteiger partial charge in [0.25, 0.3) is 0 Å². The zero-order valence-corrected chi connectivity index (χ0v) is 22.3. The van der Waals surface area contributed by atoms with Gasteiger partial charge in [-0.25, -0.2) is 0 Å².